The third-order valence-corrected chi connectivity index (χ3v) is 2.44. The van der Waals surface area contributed by atoms with Crippen LogP contribution in [0.1, 0.15) is 74.3 Å². The molecule has 0 unspecified atom stereocenters. The summed E-state index contributed by atoms with van der Waals surface area (Å²) in [7, 11) is 0. The summed E-state index contributed by atoms with van der Waals surface area (Å²) in [6, 6.07) is 10.7. The van der Waals surface area contributed by atoms with Crippen LogP contribution in [0.15, 0.2) is 30.3 Å². The number of benzene rings is 1. The molecular formula is C17H34. The highest BCUT2D eigenvalue weighted by Gasteiger charge is 2.16. The van der Waals surface area contributed by atoms with Crippen molar-refractivity contribution in [3.05, 3.63) is 35.9 Å². The van der Waals surface area contributed by atoms with Crippen LogP contribution in [-0.2, 0) is 5.41 Å². The predicted molar refractivity (Wildman–Crippen MR) is 83.8 cm³/mol. The van der Waals surface area contributed by atoms with Gasteiger partial charge >= 0.3 is 0 Å². The lowest BCUT2D eigenvalue weighted by molar-refractivity contribution is 0.506. The van der Waals surface area contributed by atoms with Gasteiger partial charge in [-0.15, -0.1) is 0 Å². The SMILES string of the molecule is CC.CC.CC.CCC(C)(C)c1ccccc1. The van der Waals surface area contributed by atoms with Gasteiger partial charge < -0.3 is 0 Å². The maximum absolute atomic E-state index is 2.28. The van der Waals surface area contributed by atoms with Gasteiger partial charge in [-0.1, -0.05) is 92.6 Å². The van der Waals surface area contributed by atoms with Crippen LogP contribution < -0.4 is 0 Å². The lowest BCUT2D eigenvalue weighted by Crippen LogP contribution is -2.14. The number of hydrogen-bond acceptors (Lipinski definition) is 0. The molecule has 0 heteroatoms. The van der Waals surface area contributed by atoms with Crippen LogP contribution in [-0.4, -0.2) is 0 Å². The Morgan fingerprint density at radius 1 is 0.765 bits per heavy atom. The molecule has 0 saturated heterocycles. The molecule has 0 heterocycles. The van der Waals surface area contributed by atoms with E-state index < -0.39 is 0 Å². The molecule has 0 saturated carbocycles. The van der Waals surface area contributed by atoms with Crippen LogP contribution in [0, 0.1) is 0 Å². The summed E-state index contributed by atoms with van der Waals surface area (Å²) in [5, 5.41) is 0. The average Bonchev–Trinajstić information content (AvgIpc) is 2.46. The van der Waals surface area contributed by atoms with Crippen LogP contribution in [0.4, 0.5) is 0 Å². The lowest BCUT2D eigenvalue weighted by Gasteiger charge is -2.22. The monoisotopic (exact) mass is 238 g/mol. The molecule has 0 aliphatic heterocycles. The predicted octanol–water partition coefficient (Wildman–Crippen LogP) is 6.45. The molecule has 0 atom stereocenters. The average molecular weight is 238 g/mol. The number of hydrogen-bond donors (Lipinski definition) is 0. The highest BCUT2D eigenvalue weighted by Crippen LogP contribution is 2.25. The first-order valence-electron chi connectivity index (χ1n) is 7.22. The molecule has 0 radical (unpaired) electrons. The molecule has 0 fully saturated rings. The Labute approximate surface area is 110 Å². The molecule has 0 nitrogen and oxygen atoms in total. The van der Waals surface area contributed by atoms with Crippen LogP contribution in [0.25, 0.3) is 0 Å². The van der Waals surface area contributed by atoms with Gasteiger partial charge in [0.25, 0.3) is 0 Å². The Morgan fingerprint density at radius 2 is 1.12 bits per heavy atom. The first-order valence-corrected chi connectivity index (χ1v) is 7.22. The van der Waals surface area contributed by atoms with Crippen LogP contribution in [0.2, 0.25) is 0 Å². The van der Waals surface area contributed by atoms with Gasteiger partial charge in [0.2, 0.25) is 0 Å². The summed E-state index contributed by atoms with van der Waals surface area (Å²) in [4.78, 5) is 0. The zero-order valence-corrected chi connectivity index (χ0v) is 13.6. The summed E-state index contributed by atoms with van der Waals surface area (Å²) in [5.74, 6) is 0. The Balaban J connectivity index is -0.000000285. The second-order valence-electron chi connectivity index (χ2n) is 3.60. The molecule has 17 heavy (non-hydrogen) atoms. The smallest absolute Gasteiger partial charge is 0.0106 e. The third-order valence-electron chi connectivity index (χ3n) is 2.44. The highest BCUT2D eigenvalue weighted by molar-refractivity contribution is 5.22. The van der Waals surface area contributed by atoms with Gasteiger partial charge in [0, 0.05) is 0 Å². The van der Waals surface area contributed by atoms with Crippen molar-refractivity contribution in [3.8, 4) is 0 Å². The first kappa shape index (κ1) is 21.5. The Bertz CT molecular complexity index is 209. The van der Waals surface area contributed by atoms with E-state index in [0.29, 0.717) is 5.41 Å². The summed E-state index contributed by atoms with van der Waals surface area (Å²) >= 11 is 0. The van der Waals surface area contributed by atoms with Gasteiger partial charge in [-0.05, 0) is 17.4 Å². The molecule has 1 rings (SSSR count). The quantitative estimate of drug-likeness (QED) is 0.555. The maximum atomic E-state index is 2.28. The standard InChI is InChI=1S/C11H16.3C2H6/c1-4-11(2,3)10-8-6-5-7-9-10;3*1-2/h5-9H,4H2,1-3H3;3*1-2H3. The van der Waals surface area contributed by atoms with Gasteiger partial charge in [0.05, 0.1) is 0 Å². The van der Waals surface area contributed by atoms with E-state index in [4.69, 9.17) is 0 Å². The molecule has 0 aliphatic carbocycles. The molecule has 0 aliphatic rings. The fourth-order valence-electron chi connectivity index (χ4n) is 1.09. The van der Waals surface area contributed by atoms with Crippen molar-refractivity contribution >= 4 is 0 Å². The molecule has 0 aromatic heterocycles. The fourth-order valence-corrected chi connectivity index (χ4v) is 1.09. The van der Waals surface area contributed by atoms with E-state index in [1.165, 1.54) is 12.0 Å². The van der Waals surface area contributed by atoms with Crippen LogP contribution in [0.3, 0.4) is 0 Å². The van der Waals surface area contributed by atoms with Crippen molar-refractivity contribution in [1.29, 1.82) is 0 Å². The Hall–Kier alpha value is -0.780. The largest absolute Gasteiger partial charge is 0.0683 e. The van der Waals surface area contributed by atoms with Gasteiger partial charge in [-0.25, -0.2) is 0 Å². The zero-order chi connectivity index (χ0) is 14.3. The van der Waals surface area contributed by atoms with E-state index in [-0.39, 0.29) is 0 Å². The van der Waals surface area contributed by atoms with Gasteiger partial charge in [0.1, 0.15) is 0 Å². The molecule has 0 N–H and O–H groups in total. The number of rotatable bonds is 2. The van der Waals surface area contributed by atoms with E-state index >= 15 is 0 Å². The van der Waals surface area contributed by atoms with Crippen molar-refractivity contribution in [2.45, 2.75) is 74.1 Å². The van der Waals surface area contributed by atoms with E-state index in [9.17, 15) is 0 Å². The minimum Gasteiger partial charge on any atom is -0.0683 e. The zero-order valence-electron chi connectivity index (χ0n) is 13.6. The van der Waals surface area contributed by atoms with Crippen molar-refractivity contribution in [3.63, 3.8) is 0 Å². The summed E-state index contributed by atoms with van der Waals surface area (Å²) < 4.78 is 0. The summed E-state index contributed by atoms with van der Waals surface area (Å²) in [5.41, 5.74) is 1.77. The Kier molecular flexibility index (Phi) is 19.2. The molecular weight excluding hydrogens is 204 g/mol. The second kappa shape index (κ2) is 15.2. The first-order chi connectivity index (χ1) is 8.17. The summed E-state index contributed by atoms with van der Waals surface area (Å²) in [6.07, 6.45) is 1.19. The van der Waals surface area contributed by atoms with Crippen molar-refractivity contribution in [2.24, 2.45) is 0 Å². The topological polar surface area (TPSA) is 0 Å². The van der Waals surface area contributed by atoms with Crippen molar-refractivity contribution in [1.82, 2.24) is 0 Å². The van der Waals surface area contributed by atoms with E-state index in [2.05, 4.69) is 51.1 Å². The lowest BCUT2D eigenvalue weighted by atomic mass is 9.82. The molecule has 0 amide bonds. The highest BCUT2D eigenvalue weighted by atomic mass is 14.2. The van der Waals surface area contributed by atoms with E-state index in [1.807, 2.05) is 41.5 Å². The fraction of sp³-hybridized carbons (Fsp3) is 0.647. The van der Waals surface area contributed by atoms with Gasteiger partial charge in [-0.3, -0.25) is 0 Å². The maximum Gasteiger partial charge on any atom is -0.0106 e. The Morgan fingerprint density at radius 3 is 1.41 bits per heavy atom. The van der Waals surface area contributed by atoms with Crippen molar-refractivity contribution in [2.75, 3.05) is 0 Å². The molecule has 102 valence electrons. The minimum atomic E-state index is 0.335. The molecule has 1 aromatic rings. The normalized spacial score (nSPS) is 8.53. The van der Waals surface area contributed by atoms with Crippen molar-refractivity contribution < 1.29 is 0 Å². The van der Waals surface area contributed by atoms with Crippen LogP contribution in [0.5, 0.6) is 0 Å². The van der Waals surface area contributed by atoms with Crippen LogP contribution >= 0.6 is 0 Å². The van der Waals surface area contributed by atoms with Gasteiger partial charge in [-0.2, -0.15) is 0 Å². The molecule has 0 bridgehead atoms. The molecule has 1 aromatic carbocycles. The van der Waals surface area contributed by atoms with E-state index in [1.54, 1.807) is 0 Å². The van der Waals surface area contributed by atoms with E-state index in [0.717, 1.165) is 0 Å². The molecule has 0 spiro atoms. The second-order valence-corrected chi connectivity index (χ2v) is 3.60. The minimum absolute atomic E-state index is 0.335. The van der Waals surface area contributed by atoms with Gasteiger partial charge in [0.15, 0.2) is 0 Å². The summed E-state index contributed by atoms with van der Waals surface area (Å²) in [6.45, 7) is 18.8. The third kappa shape index (κ3) is 10.1.